The predicted octanol–water partition coefficient (Wildman–Crippen LogP) is 4.74. The summed E-state index contributed by atoms with van der Waals surface area (Å²) >= 11 is 0. The number of hydrogen-bond donors (Lipinski definition) is 1. The predicted molar refractivity (Wildman–Crippen MR) is 123 cm³/mol. The largest absolute Gasteiger partial charge is 0.351 e. The number of aromatic nitrogens is 1. The van der Waals surface area contributed by atoms with E-state index in [1.54, 1.807) is 4.90 Å². The van der Waals surface area contributed by atoms with Gasteiger partial charge in [-0.1, -0.05) is 48.7 Å². The van der Waals surface area contributed by atoms with Crippen LogP contribution in [0.1, 0.15) is 54.2 Å². The number of nitrogens with zero attached hydrogens (tertiary/aromatic N) is 2. The molecule has 5 heteroatoms. The monoisotopic (exact) mass is 415 g/mol. The van der Waals surface area contributed by atoms with Gasteiger partial charge in [0.2, 0.25) is 5.91 Å². The van der Waals surface area contributed by atoms with Gasteiger partial charge in [0.25, 0.3) is 5.91 Å². The van der Waals surface area contributed by atoms with Gasteiger partial charge in [0.1, 0.15) is 11.2 Å². The van der Waals surface area contributed by atoms with E-state index in [4.69, 9.17) is 0 Å². The highest BCUT2D eigenvalue weighted by molar-refractivity contribution is 6.14. The quantitative estimate of drug-likeness (QED) is 0.672. The summed E-state index contributed by atoms with van der Waals surface area (Å²) in [6.07, 6.45) is 4.32. The Balaban J connectivity index is 1.66. The molecule has 1 saturated carbocycles. The van der Waals surface area contributed by atoms with Gasteiger partial charge in [-0.3, -0.25) is 14.5 Å². The van der Waals surface area contributed by atoms with Crippen molar-refractivity contribution in [3.8, 4) is 0 Å². The van der Waals surface area contributed by atoms with Crippen LogP contribution in [0, 0.1) is 13.8 Å². The minimum atomic E-state index is -1.02. The normalized spacial score (nSPS) is 21.5. The number of fused-ring (bicyclic) bond motifs is 3. The molecule has 0 saturated heterocycles. The van der Waals surface area contributed by atoms with Crippen LogP contribution in [-0.4, -0.2) is 28.0 Å². The Kier molecular flexibility index (Phi) is 4.65. The molecule has 2 heterocycles. The molecule has 3 aromatic rings. The van der Waals surface area contributed by atoms with E-state index in [0.29, 0.717) is 12.2 Å². The molecule has 0 bridgehead atoms. The van der Waals surface area contributed by atoms with Gasteiger partial charge in [0.15, 0.2) is 0 Å². The zero-order chi connectivity index (χ0) is 21.8. The summed E-state index contributed by atoms with van der Waals surface area (Å²) in [6, 6.07) is 16.2. The lowest BCUT2D eigenvalue weighted by atomic mass is 9.92. The van der Waals surface area contributed by atoms with Crippen LogP contribution in [-0.2, 0) is 11.3 Å². The molecule has 5 rings (SSSR count). The Labute approximate surface area is 183 Å². The number of carbonyl (C=O) groups excluding carboxylic acids is 2. The first-order valence-electron chi connectivity index (χ1n) is 11.2. The molecule has 160 valence electrons. The molecule has 1 aliphatic carbocycles. The first kappa shape index (κ1) is 19.9. The topological polar surface area (TPSA) is 54.3 Å². The van der Waals surface area contributed by atoms with Crippen molar-refractivity contribution in [3.05, 3.63) is 65.4 Å². The number of carbonyl (C=O) groups is 2. The molecule has 31 heavy (non-hydrogen) atoms. The molecule has 1 atom stereocenters. The van der Waals surface area contributed by atoms with Crippen molar-refractivity contribution >= 4 is 28.4 Å². The molecule has 1 N–H and O–H groups in total. The van der Waals surface area contributed by atoms with E-state index in [1.807, 2.05) is 67.8 Å². The Hall–Kier alpha value is -3.08. The maximum Gasteiger partial charge on any atom is 0.275 e. The van der Waals surface area contributed by atoms with Gasteiger partial charge >= 0.3 is 0 Å². The average Bonchev–Trinajstić information content (AvgIpc) is 3.37. The van der Waals surface area contributed by atoms with Gasteiger partial charge in [-0.05, 0) is 57.4 Å². The molecule has 0 radical (unpaired) electrons. The van der Waals surface area contributed by atoms with Crippen molar-refractivity contribution < 1.29 is 9.59 Å². The lowest BCUT2D eigenvalue weighted by Crippen LogP contribution is -2.65. The summed E-state index contributed by atoms with van der Waals surface area (Å²) in [5, 5.41) is 4.29. The number of anilines is 1. The van der Waals surface area contributed by atoms with E-state index in [9.17, 15) is 9.59 Å². The third-order valence-corrected chi connectivity index (χ3v) is 6.97. The molecule has 2 aromatic carbocycles. The number of hydrogen-bond acceptors (Lipinski definition) is 2. The van der Waals surface area contributed by atoms with E-state index in [1.165, 1.54) is 0 Å². The second-order valence-corrected chi connectivity index (χ2v) is 9.33. The van der Waals surface area contributed by atoms with Crippen molar-refractivity contribution in [1.82, 2.24) is 9.88 Å². The highest BCUT2D eigenvalue weighted by atomic mass is 16.2. The standard InChI is InChI=1S/C26H29N3O2/c1-17-12-13-21(18(2)14-17)29-24(30)23-15-19-8-4-7-11-22(19)28(23)16-26(29,3)25(31)27-20-9-5-6-10-20/h4,7-8,11-15,20H,5-6,9-10,16H2,1-3H3,(H,27,31)/t26-/m1/s1. The lowest BCUT2D eigenvalue weighted by molar-refractivity contribution is -0.127. The minimum Gasteiger partial charge on any atom is -0.351 e. The van der Waals surface area contributed by atoms with Crippen LogP contribution >= 0.6 is 0 Å². The van der Waals surface area contributed by atoms with Crippen molar-refractivity contribution in [2.45, 2.75) is 64.6 Å². The molecule has 0 spiro atoms. The molecular weight excluding hydrogens is 386 g/mol. The number of amides is 2. The van der Waals surface area contributed by atoms with Crippen LogP contribution < -0.4 is 10.2 Å². The van der Waals surface area contributed by atoms with E-state index in [0.717, 1.165) is 53.4 Å². The van der Waals surface area contributed by atoms with Gasteiger partial charge in [-0.25, -0.2) is 0 Å². The van der Waals surface area contributed by atoms with Crippen LogP contribution in [0.3, 0.4) is 0 Å². The summed E-state index contributed by atoms with van der Waals surface area (Å²) in [5.74, 6) is -0.199. The third-order valence-electron chi connectivity index (χ3n) is 6.97. The van der Waals surface area contributed by atoms with Crippen LogP contribution in [0.4, 0.5) is 5.69 Å². The highest BCUT2D eigenvalue weighted by Crippen LogP contribution is 2.37. The number of benzene rings is 2. The second-order valence-electron chi connectivity index (χ2n) is 9.33. The molecule has 1 aromatic heterocycles. The zero-order valence-electron chi connectivity index (χ0n) is 18.4. The van der Waals surface area contributed by atoms with E-state index in [2.05, 4.69) is 11.4 Å². The van der Waals surface area contributed by atoms with Crippen molar-refractivity contribution in [2.75, 3.05) is 4.90 Å². The van der Waals surface area contributed by atoms with E-state index in [-0.39, 0.29) is 17.9 Å². The van der Waals surface area contributed by atoms with Gasteiger partial charge in [0, 0.05) is 22.6 Å². The van der Waals surface area contributed by atoms with Crippen LogP contribution in [0.25, 0.3) is 10.9 Å². The first-order chi connectivity index (χ1) is 14.9. The van der Waals surface area contributed by atoms with Gasteiger partial charge in [-0.15, -0.1) is 0 Å². The average molecular weight is 416 g/mol. The van der Waals surface area contributed by atoms with E-state index >= 15 is 0 Å². The summed E-state index contributed by atoms with van der Waals surface area (Å²) in [4.78, 5) is 29.4. The SMILES string of the molecule is Cc1ccc(N2C(=O)c3cc4ccccc4n3C[C@]2(C)C(=O)NC2CCCC2)c(C)c1. The minimum absolute atomic E-state index is 0.0730. The van der Waals surface area contributed by atoms with E-state index < -0.39 is 5.54 Å². The first-order valence-corrected chi connectivity index (χ1v) is 11.2. The summed E-state index contributed by atoms with van der Waals surface area (Å²) in [5.41, 5.74) is 3.54. The summed E-state index contributed by atoms with van der Waals surface area (Å²) < 4.78 is 2.02. The Morgan fingerprint density at radius 3 is 2.55 bits per heavy atom. The number of rotatable bonds is 3. The van der Waals surface area contributed by atoms with Crippen molar-refractivity contribution in [2.24, 2.45) is 0 Å². The maximum atomic E-state index is 13.9. The number of aryl methyl sites for hydroxylation is 2. The molecule has 1 aliphatic heterocycles. The lowest BCUT2D eigenvalue weighted by Gasteiger charge is -2.45. The molecule has 0 unspecified atom stereocenters. The molecule has 1 fully saturated rings. The fourth-order valence-electron chi connectivity index (χ4n) is 5.29. The molecule has 2 aliphatic rings. The van der Waals surface area contributed by atoms with Gasteiger partial charge in [-0.2, -0.15) is 0 Å². The second kappa shape index (κ2) is 7.26. The Morgan fingerprint density at radius 1 is 1.06 bits per heavy atom. The molecular formula is C26H29N3O2. The number of nitrogens with one attached hydrogen (secondary N) is 1. The van der Waals surface area contributed by atoms with Gasteiger partial charge in [0.05, 0.1) is 6.54 Å². The molecule has 5 nitrogen and oxygen atoms in total. The van der Waals surface area contributed by atoms with Gasteiger partial charge < -0.3 is 9.88 Å². The maximum absolute atomic E-state index is 13.9. The third kappa shape index (κ3) is 3.14. The van der Waals surface area contributed by atoms with Crippen molar-refractivity contribution in [3.63, 3.8) is 0 Å². The van der Waals surface area contributed by atoms with Crippen LogP contribution in [0.15, 0.2) is 48.5 Å². The smallest absolute Gasteiger partial charge is 0.275 e. The zero-order valence-corrected chi connectivity index (χ0v) is 18.4. The molecule has 2 amide bonds. The highest BCUT2D eigenvalue weighted by Gasteiger charge is 2.49. The van der Waals surface area contributed by atoms with Crippen LogP contribution in [0.5, 0.6) is 0 Å². The fourth-order valence-corrected chi connectivity index (χ4v) is 5.29. The number of para-hydroxylation sites is 1. The Morgan fingerprint density at radius 2 is 1.81 bits per heavy atom. The Bertz CT molecular complexity index is 1190. The van der Waals surface area contributed by atoms with Crippen LogP contribution in [0.2, 0.25) is 0 Å². The summed E-state index contributed by atoms with van der Waals surface area (Å²) in [6.45, 7) is 6.38. The summed E-state index contributed by atoms with van der Waals surface area (Å²) in [7, 11) is 0. The fraction of sp³-hybridized carbons (Fsp3) is 0.385. The van der Waals surface area contributed by atoms with Crippen molar-refractivity contribution in [1.29, 1.82) is 0 Å².